The predicted octanol–water partition coefficient (Wildman–Crippen LogP) is 6.36. The highest BCUT2D eigenvalue weighted by atomic mass is 32.2. The molecule has 0 aromatic heterocycles. The van der Waals surface area contributed by atoms with Crippen molar-refractivity contribution in [3.63, 3.8) is 0 Å². The van der Waals surface area contributed by atoms with Crippen LogP contribution >= 0.6 is 0 Å². The first-order valence-corrected chi connectivity index (χ1v) is 16.9. The summed E-state index contributed by atoms with van der Waals surface area (Å²) in [4.78, 5) is 30.0. The van der Waals surface area contributed by atoms with Crippen LogP contribution in [0.3, 0.4) is 0 Å². The molecule has 1 atom stereocenters. The monoisotopic (exact) mass is 625 g/mol. The number of carbonyl (C=O) groups is 2. The number of nitrogens with one attached hydrogen (secondary N) is 1. The van der Waals surface area contributed by atoms with Crippen molar-refractivity contribution in [2.24, 2.45) is 0 Å². The molecule has 4 rings (SSSR count). The molecule has 0 radical (unpaired) electrons. The summed E-state index contributed by atoms with van der Waals surface area (Å²) in [6.45, 7) is 7.82. The van der Waals surface area contributed by atoms with E-state index in [1.807, 2.05) is 93.6 Å². The van der Waals surface area contributed by atoms with Crippen molar-refractivity contribution in [1.82, 2.24) is 10.2 Å². The topological polar surface area (TPSA) is 86.8 Å². The maximum Gasteiger partial charge on any atom is 0.264 e. The molecule has 8 heteroatoms. The van der Waals surface area contributed by atoms with Gasteiger partial charge in [-0.2, -0.15) is 0 Å². The van der Waals surface area contributed by atoms with E-state index < -0.39 is 28.5 Å². The van der Waals surface area contributed by atoms with E-state index in [0.29, 0.717) is 12.2 Å². The van der Waals surface area contributed by atoms with Gasteiger partial charge >= 0.3 is 0 Å². The lowest BCUT2D eigenvalue weighted by atomic mass is 10.0. The molecule has 236 valence electrons. The van der Waals surface area contributed by atoms with Crippen molar-refractivity contribution in [3.05, 3.63) is 131 Å². The standard InChI is InChI=1S/C37H43N3O4S/c1-5-6-23-38-37(42)35(25-31-13-9-7-10-14-31)39(26-32-15-11-8-12-16-32)36(41)27-40(34-24-29(3)17-20-30(34)4)45(43,44)33-21-18-28(2)19-22-33/h7-22,24,35H,5-6,23,25-27H2,1-4H3,(H,38,42)/t35-/m0/s1. The summed E-state index contributed by atoms with van der Waals surface area (Å²) in [6.07, 6.45) is 2.01. The van der Waals surface area contributed by atoms with E-state index in [-0.39, 0.29) is 23.8 Å². The van der Waals surface area contributed by atoms with Gasteiger partial charge in [-0.3, -0.25) is 13.9 Å². The molecule has 4 aromatic carbocycles. The first kappa shape index (κ1) is 33.5. The molecular formula is C37H43N3O4S. The smallest absolute Gasteiger partial charge is 0.264 e. The highest BCUT2D eigenvalue weighted by Gasteiger charge is 2.35. The summed E-state index contributed by atoms with van der Waals surface area (Å²) in [5, 5.41) is 3.02. The van der Waals surface area contributed by atoms with E-state index in [9.17, 15) is 18.0 Å². The van der Waals surface area contributed by atoms with Crippen LogP contribution in [0.15, 0.2) is 108 Å². The van der Waals surface area contributed by atoms with Crippen LogP contribution in [-0.4, -0.2) is 44.3 Å². The van der Waals surface area contributed by atoms with E-state index in [4.69, 9.17) is 0 Å². The van der Waals surface area contributed by atoms with Crippen molar-refractivity contribution < 1.29 is 18.0 Å². The Bertz CT molecular complexity index is 1670. The van der Waals surface area contributed by atoms with E-state index in [1.165, 1.54) is 9.21 Å². The Hall–Kier alpha value is -4.43. The molecule has 1 N–H and O–H groups in total. The summed E-state index contributed by atoms with van der Waals surface area (Å²) in [7, 11) is -4.15. The van der Waals surface area contributed by atoms with Gasteiger partial charge in [-0.15, -0.1) is 0 Å². The summed E-state index contributed by atoms with van der Waals surface area (Å²) >= 11 is 0. The summed E-state index contributed by atoms with van der Waals surface area (Å²) in [6, 6.07) is 30.4. The molecule has 45 heavy (non-hydrogen) atoms. The Labute approximate surface area is 268 Å². The first-order chi connectivity index (χ1) is 21.6. The van der Waals surface area contributed by atoms with Gasteiger partial charge in [0.2, 0.25) is 11.8 Å². The number of amides is 2. The van der Waals surface area contributed by atoms with E-state index in [1.54, 1.807) is 30.3 Å². The fourth-order valence-corrected chi connectivity index (χ4v) is 6.65. The Morgan fingerprint density at radius 3 is 2.00 bits per heavy atom. The normalized spacial score (nSPS) is 11.9. The molecular weight excluding hydrogens is 582 g/mol. The highest BCUT2D eigenvalue weighted by Crippen LogP contribution is 2.29. The summed E-state index contributed by atoms with van der Waals surface area (Å²) < 4.78 is 29.7. The van der Waals surface area contributed by atoms with Gasteiger partial charge in [-0.25, -0.2) is 8.42 Å². The SMILES string of the molecule is CCCCNC(=O)[C@H](Cc1ccccc1)N(Cc1ccccc1)C(=O)CN(c1cc(C)ccc1C)S(=O)(=O)c1ccc(C)cc1. The van der Waals surface area contributed by atoms with Crippen LogP contribution in [0, 0.1) is 20.8 Å². The van der Waals surface area contributed by atoms with Crippen LogP contribution in [-0.2, 0) is 32.6 Å². The third-order valence-corrected chi connectivity index (χ3v) is 9.59. The van der Waals surface area contributed by atoms with Crippen LogP contribution in [0.2, 0.25) is 0 Å². The molecule has 0 aliphatic rings. The average Bonchev–Trinajstić information content (AvgIpc) is 3.04. The fraction of sp³-hybridized carbons (Fsp3) is 0.297. The number of sulfonamides is 1. The lowest BCUT2D eigenvalue weighted by Crippen LogP contribution is -2.53. The molecule has 0 heterocycles. The zero-order valence-corrected chi connectivity index (χ0v) is 27.4. The number of rotatable bonds is 14. The Balaban J connectivity index is 1.80. The number of anilines is 1. The predicted molar refractivity (Wildman–Crippen MR) is 180 cm³/mol. The minimum atomic E-state index is -4.15. The third kappa shape index (κ3) is 8.82. The molecule has 0 bridgehead atoms. The van der Waals surface area contributed by atoms with Crippen LogP contribution in [0.4, 0.5) is 5.69 Å². The highest BCUT2D eigenvalue weighted by molar-refractivity contribution is 7.92. The minimum absolute atomic E-state index is 0.0922. The lowest BCUT2D eigenvalue weighted by Gasteiger charge is -2.34. The molecule has 0 aliphatic carbocycles. The zero-order valence-electron chi connectivity index (χ0n) is 26.6. The largest absolute Gasteiger partial charge is 0.354 e. The molecule has 0 saturated heterocycles. The van der Waals surface area contributed by atoms with E-state index in [2.05, 4.69) is 12.2 Å². The van der Waals surface area contributed by atoms with Crippen LogP contribution < -0.4 is 9.62 Å². The van der Waals surface area contributed by atoms with Gasteiger partial charge in [0.1, 0.15) is 12.6 Å². The van der Waals surface area contributed by atoms with Gasteiger partial charge in [0, 0.05) is 19.5 Å². The fourth-order valence-electron chi connectivity index (χ4n) is 5.18. The maximum atomic E-state index is 14.6. The number of hydrogen-bond donors (Lipinski definition) is 1. The first-order valence-electron chi connectivity index (χ1n) is 15.4. The lowest BCUT2D eigenvalue weighted by molar-refractivity contribution is -0.140. The van der Waals surface area contributed by atoms with Crippen molar-refractivity contribution in [2.45, 2.75) is 64.4 Å². The number of benzene rings is 4. The Kier molecular flexibility index (Phi) is 11.5. The molecule has 0 unspecified atom stereocenters. The van der Waals surface area contributed by atoms with Crippen LogP contribution in [0.5, 0.6) is 0 Å². The number of unbranched alkanes of at least 4 members (excludes halogenated alkanes) is 1. The number of nitrogens with zero attached hydrogens (tertiary/aromatic N) is 2. The molecule has 0 spiro atoms. The van der Waals surface area contributed by atoms with Crippen molar-refractivity contribution >= 4 is 27.5 Å². The zero-order chi connectivity index (χ0) is 32.4. The van der Waals surface area contributed by atoms with Gasteiger partial charge in [0.25, 0.3) is 10.0 Å². The van der Waals surface area contributed by atoms with Crippen molar-refractivity contribution in [3.8, 4) is 0 Å². The number of carbonyl (C=O) groups excluding carboxylic acids is 2. The summed E-state index contributed by atoms with van der Waals surface area (Å²) in [5.74, 6) is -0.738. The van der Waals surface area contributed by atoms with Gasteiger partial charge in [-0.1, -0.05) is 104 Å². The molecule has 7 nitrogen and oxygen atoms in total. The molecule has 0 aliphatic heterocycles. The van der Waals surface area contributed by atoms with Gasteiger partial charge in [0.15, 0.2) is 0 Å². The van der Waals surface area contributed by atoms with Crippen LogP contribution in [0.25, 0.3) is 0 Å². The Morgan fingerprint density at radius 2 is 1.38 bits per heavy atom. The third-order valence-electron chi connectivity index (χ3n) is 7.82. The average molecular weight is 626 g/mol. The second-order valence-corrected chi connectivity index (χ2v) is 13.3. The number of hydrogen-bond acceptors (Lipinski definition) is 4. The molecule has 0 fully saturated rings. The quantitative estimate of drug-likeness (QED) is 0.165. The summed E-state index contributed by atoms with van der Waals surface area (Å²) in [5.41, 5.74) is 4.68. The van der Waals surface area contributed by atoms with Crippen molar-refractivity contribution in [1.29, 1.82) is 0 Å². The van der Waals surface area contributed by atoms with Gasteiger partial charge < -0.3 is 10.2 Å². The van der Waals surface area contributed by atoms with Crippen LogP contribution in [0.1, 0.15) is 47.6 Å². The Morgan fingerprint density at radius 1 is 0.778 bits per heavy atom. The van der Waals surface area contributed by atoms with Gasteiger partial charge in [0.05, 0.1) is 10.6 Å². The maximum absolute atomic E-state index is 14.6. The van der Waals surface area contributed by atoms with Crippen molar-refractivity contribution in [2.75, 3.05) is 17.4 Å². The minimum Gasteiger partial charge on any atom is -0.354 e. The van der Waals surface area contributed by atoms with E-state index >= 15 is 0 Å². The number of aryl methyl sites for hydroxylation is 3. The van der Waals surface area contributed by atoms with Gasteiger partial charge in [-0.05, 0) is 67.6 Å². The molecule has 0 saturated carbocycles. The second-order valence-electron chi connectivity index (χ2n) is 11.5. The molecule has 4 aromatic rings. The second kappa shape index (κ2) is 15.5. The van der Waals surface area contributed by atoms with E-state index in [0.717, 1.165) is 40.7 Å². The molecule has 2 amide bonds.